The minimum atomic E-state index is 0.470. The number of rotatable bonds is 4. The summed E-state index contributed by atoms with van der Waals surface area (Å²) in [5, 5.41) is 2.92. The van der Waals surface area contributed by atoms with E-state index >= 15 is 0 Å². The topological polar surface area (TPSA) is 47.0 Å². The molecule has 0 fully saturated rings. The summed E-state index contributed by atoms with van der Waals surface area (Å²) in [5.41, 5.74) is 3.27. The Hall–Kier alpha value is -2.10. The minimum absolute atomic E-state index is 0.470. The fraction of sp³-hybridized carbons (Fsp3) is 0.375. The quantitative estimate of drug-likeness (QED) is 0.911. The maximum absolute atomic E-state index is 5.98. The predicted molar refractivity (Wildman–Crippen MR) is 81.7 cm³/mol. The standard InChI is InChI=1S/C16H21N3O/c1-10(2)13-7-6-11(3)14(8-13)20-15-12(4)9-18-16(17-5)19-15/h6-10H,1-5H3,(H,17,18,19). The van der Waals surface area contributed by atoms with Gasteiger partial charge in [-0.2, -0.15) is 4.98 Å². The average molecular weight is 271 g/mol. The Morgan fingerprint density at radius 2 is 1.90 bits per heavy atom. The van der Waals surface area contributed by atoms with E-state index in [1.165, 1.54) is 5.56 Å². The Kier molecular flexibility index (Phi) is 4.23. The molecule has 1 N–H and O–H groups in total. The molecule has 0 spiro atoms. The van der Waals surface area contributed by atoms with Crippen LogP contribution in [0, 0.1) is 13.8 Å². The smallest absolute Gasteiger partial charge is 0.226 e. The van der Waals surface area contributed by atoms with Crippen LogP contribution in [0.5, 0.6) is 11.6 Å². The van der Waals surface area contributed by atoms with Crippen LogP contribution in [0.2, 0.25) is 0 Å². The monoisotopic (exact) mass is 271 g/mol. The molecule has 0 saturated heterocycles. The average Bonchev–Trinajstić information content (AvgIpc) is 2.43. The number of aromatic nitrogens is 2. The fourth-order valence-corrected chi connectivity index (χ4v) is 1.84. The zero-order valence-electron chi connectivity index (χ0n) is 12.7. The largest absolute Gasteiger partial charge is 0.438 e. The van der Waals surface area contributed by atoms with E-state index in [0.717, 1.165) is 16.9 Å². The van der Waals surface area contributed by atoms with E-state index in [4.69, 9.17) is 4.74 Å². The Labute approximate surface area is 120 Å². The van der Waals surface area contributed by atoms with E-state index in [2.05, 4.69) is 47.3 Å². The molecule has 0 aliphatic carbocycles. The van der Waals surface area contributed by atoms with E-state index in [9.17, 15) is 0 Å². The third-order valence-corrected chi connectivity index (χ3v) is 3.23. The van der Waals surface area contributed by atoms with Gasteiger partial charge >= 0.3 is 0 Å². The van der Waals surface area contributed by atoms with Crippen molar-refractivity contribution in [2.24, 2.45) is 0 Å². The van der Waals surface area contributed by atoms with Crippen molar-refractivity contribution in [2.45, 2.75) is 33.6 Å². The van der Waals surface area contributed by atoms with Crippen LogP contribution in [0.4, 0.5) is 5.95 Å². The highest BCUT2D eigenvalue weighted by atomic mass is 16.5. The molecule has 0 aliphatic rings. The Morgan fingerprint density at radius 3 is 2.55 bits per heavy atom. The number of ether oxygens (including phenoxy) is 1. The Bertz CT molecular complexity index is 609. The lowest BCUT2D eigenvalue weighted by Crippen LogP contribution is -2.00. The normalized spacial score (nSPS) is 10.7. The van der Waals surface area contributed by atoms with Gasteiger partial charge in [-0.25, -0.2) is 4.98 Å². The van der Waals surface area contributed by atoms with E-state index < -0.39 is 0 Å². The number of hydrogen-bond acceptors (Lipinski definition) is 4. The van der Waals surface area contributed by atoms with Gasteiger partial charge in [0.1, 0.15) is 5.75 Å². The maximum Gasteiger partial charge on any atom is 0.226 e. The molecule has 0 amide bonds. The van der Waals surface area contributed by atoms with Crippen molar-refractivity contribution in [2.75, 3.05) is 12.4 Å². The molecule has 2 aromatic rings. The Balaban J connectivity index is 2.36. The molecule has 0 atom stereocenters. The van der Waals surface area contributed by atoms with Gasteiger partial charge in [0.15, 0.2) is 0 Å². The van der Waals surface area contributed by atoms with Gasteiger partial charge in [-0.05, 0) is 37.0 Å². The zero-order valence-corrected chi connectivity index (χ0v) is 12.7. The van der Waals surface area contributed by atoms with Crippen molar-refractivity contribution >= 4 is 5.95 Å². The summed E-state index contributed by atoms with van der Waals surface area (Å²) in [6, 6.07) is 6.31. The van der Waals surface area contributed by atoms with Gasteiger partial charge in [0, 0.05) is 18.8 Å². The summed E-state index contributed by atoms with van der Waals surface area (Å²) in [6.07, 6.45) is 1.76. The first-order chi connectivity index (χ1) is 9.51. The van der Waals surface area contributed by atoms with Gasteiger partial charge < -0.3 is 10.1 Å². The molecule has 2 rings (SSSR count). The highest BCUT2D eigenvalue weighted by molar-refractivity contribution is 5.42. The molecule has 0 saturated carbocycles. The molecule has 1 aromatic carbocycles. The first kappa shape index (κ1) is 14.3. The van der Waals surface area contributed by atoms with E-state index in [1.54, 1.807) is 13.2 Å². The fourth-order valence-electron chi connectivity index (χ4n) is 1.84. The van der Waals surface area contributed by atoms with Crippen molar-refractivity contribution in [1.29, 1.82) is 0 Å². The molecule has 4 nitrogen and oxygen atoms in total. The number of nitrogens with one attached hydrogen (secondary N) is 1. The lowest BCUT2D eigenvalue weighted by Gasteiger charge is -2.13. The molecular weight excluding hydrogens is 250 g/mol. The number of hydrogen-bond donors (Lipinski definition) is 1. The molecule has 20 heavy (non-hydrogen) atoms. The molecule has 0 radical (unpaired) electrons. The summed E-state index contributed by atoms with van der Waals surface area (Å²) in [4.78, 5) is 8.52. The van der Waals surface area contributed by atoms with Crippen LogP contribution in [-0.4, -0.2) is 17.0 Å². The number of anilines is 1. The second kappa shape index (κ2) is 5.90. The van der Waals surface area contributed by atoms with Crippen molar-refractivity contribution in [3.8, 4) is 11.6 Å². The summed E-state index contributed by atoms with van der Waals surface area (Å²) < 4.78 is 5.98. The zero-order chi connectivity index (χ0) is 14.7. The van der Waals surface area contributed by atoms with Gasteiger partial charge in [0.25, 0.3) is 0 Å². The second-order valence-corrected chi connectivity index (χ2v) is 5.21. The number of nitrogens with zero attached hydrogens (tertiary/aromatic N) is 2. The van der Waals surface area contributed by atoms with Gasteiger partial charge in [-0.3, -0.25) is 0 Å². The second-order valence-electron chi connectivity index (χ2n) is 5.21. The third-order valence-electron chi connectivity index (χ3n) is 3.23. The molecule has 106 valence electrons. The third kappa shape index (κ3) is 3.07. The summed E-state index contributed by atoms with van der Waals surface area (Å²) >= 11 is 0. The molecule has 0 unspecified atom stereocenters. The van der Waals surface area contributed by atoms with Gasteiger partial charge in [0.05, 0.1) is 0 Å². The molecule has 1 aromatic heterocycles. The van der Waals surface area contributed by atoms with Gasteiger partial charge in [-0.15, -0.1) is 0 Å². The van der Waals surface area contributed by atoms with Crippen molar-refractivity contribution in [1.82, 2.24) is 9.97 Å². The van der Waals surface area contributed by atoms with Crippen LogP contribution < -0.4 is 10.1 Å². The summed E-state index contributed by atoms with van der Waals surface area (Å²) in [5.74, 6) is 2.47. The van der Waals surface area contributed by atoms with Crippen LogP contribution in [0.15, 0.2) is 24.4 Å². The highest BCUT2D eigenvalue weighted by Crippen LogP contribution is 2.29. The van der Waals surface area contributed by atoms with Crippen LogP contribution in [0.1, 0.15) is 36.5 Å². The lowest BCUT2D eigenvalue weighted by molar-refractivity contribution is 0.454. The van der Waals surface area contributed by atoms with Crippen molar-refractivity contribution in [3.05, 3.63) is 41.1 Å². The molecule has 1 heterocycles. The molecule has 0 aliphatic heterocycles. The van der Waals surface area contributed by atoms with E-state index in [1.807, 2.05) is 13.8 Å². The van der Waals surface area contributed by atoms with Crippen LogP contribution >= 0.6 is 0 Å². The minimum Gasteiger partial charge on any atom is -0.438 e. The van der Waals surface area contributed by atoms with Crippen LogP contribution in [-0.2, 0) is 0 Å². The van der Waals surface area contributed by atoms with Gasteiger partial charge in [0.2, 0.25) is 11.8 Å². The van der Waals surface area contributed by atoms with Crippen molar-refractivity contribution < 1.29 is 4.74 Å². The van der Waals surface area contributed by atoms with Crippen molar-refractivity contribution in [3.63, 3.8) is 0 Å². The molecule has 0 bridgehead atoms. The number of aryl methyl sites for hydroxylation is 2. The van der Waals surface area contributed by atoms with E-state index in [-0.39, 0.29) is 0 Å². The van der Waals surface area contributed by atoms with Crippen LogP contribution in [0.3, 0.4) is 0 Å². The maximum atomic E-state index is 5.98. The molecular formula is C16H21N3O. The lowest BCUT2D eigenvalue weighted by atomic mass is 10.0. The summed E-state index contributed by atoms with van der Waals surface area (Å²) in [7, 11) is 1.79. The van der Waals surface area contributed by atoms with Gasteiger partial charge in [-0.1, -0.05) is 26.0 Å². The summed E-state index contributed by atoms with van der Waals surface area (Å²) in [6.45, 7) is 8.32. The Morgan fingerprint density at radius 1 is 1.15 bits per heavy atom. The SMILES string of the molecule is CNc1ncc(C)c(Oc2cc(C(C)C)ccc2C)n1. The van der Waals surface area contributed by atoms with E-state index in [0.29, 0.717) is 17.7 Å². The number of benzene rings is 1. The van der Waals surface area contributed by atoms with Crippen LogP contribution in [0.25, 0.3) is 0 Å². The first-order valence-electron chi connectivity index (χ1n) is 6.81. The highest BCUT2D eigenvalue weighted by Gasteiger charge is 2.09. The molecule has 4 heteroatoms. The predicted octanol–water partition coefficient (Wildman–Crippen LogP) is 4.05. The first-order valence-corrected chi connectivity index (χ1v) is 6.81.